The summed E-state index contributed by atoms with van der Waals surface area (Å²) in [5, 5.41) is 14.4. The van der Waals surface area contributed by atoms with Crippen LogP contribution in [0, 0.1) is 17.3 Å². The number of aliphatic carboxylic acids is 1. The summed E-state index contributed by atoms with van der Waals surface area (Å²) < 4.78 is 6.52. The highest BCUT2D eigenvalue weighted by molar-refractivity contribution is 6.30. The fourth-order valence-corrected chi connectivity index (χ4v) is 8.26. The van der Waals surface area contributed by atoms with E-state index in [1.165, 1.54) is 22.4 Å². The van der Waals surface area contributed by atoms with Gasteiger partial charge in [-0.3, -0.25) is 4.98 Å². The molecule has 222 valence electrons. The second-order valence-corrected chi connectivity index (χ2v) is 14.4. The smallest absolute Gasteiger partial charge is 0.329 e. The number of rotatable bonds is 8. The second kappa shape index (κ2) is 11.2. The van der Waals surface area contributed by atoms with E-state index in [9.17, 15) is 9.90 Å². The van der Waals surface area contributed by atoms with Crippen LogP contribution >= 0.6 is 11.6 Å². The average Bonchev–Trinajstić information content (AvgIpc) is 3.25. The summed E-state index contributed by atoms with van der Waals surface area (Å²) >= 11 is 6.22. The van der Waals surface area contributed by atoms with E-state index in [2.05, 4.69) is 55.3 Å². The number of nitrogens with one attached hydrogen (secondary N) is 1. The lowest BCUT2D eigenvalue weighted by Gasteiger charge is -2.47. The quantitative estimate of drug-likeness (QED) is 0.278. The number of aromatic nitrogens is 1. The number of hydrogen-bond donors (Lipinski definition) is 2. The van der Waals surface area contributed by atoms with E-state index < -0.39 is 11.5 Å². The van der Waals surface area contributed by atoms with Crippen molar-refractivity contribution in [2.45, 2.75) is 89.5 Å². The van der Waals surface area contributed by atoms with E-state index in [4.69, 9.17) is 16.3 Å². The zero-order chi connectivity index (χ0) is 29.5. The predicted octanol–water partition coefficient (Wildman–Crippen LogP) is 8.27. The monoisotopic (exact) mass is 586 g/mol. The summed E-state index contributed by atoms with van der Waals surface area (Å²) in [6, 6.07) is 18.3. The second-order valence-electron chi connectivity index (χ2n) is 14.0. The summed E-state index contributed by atoms with van der Waals surface area (Å²) in [6.07, 6.45) is 10.0. The molecular weight excluding hydrogens is 544 g/mol. The van der Waals surface area contributed by atoms with Crippen molar-refractivity contribution in [2.75, 3.05) is 11.9 Å². The van der Waals surface area contributed by atoms with E-state index in [0.29, 0.717) is 36.3 Å². The van der Waals surface area contributed by atoms with Crippen LogP contribution in [0.2, 0.25) is 5.02 Å². The number of carboxylic acid groups (broad SMARTS) is 1. The molecule has 42 heavy (non-hydrogen) atoms. The number of carbonyl (C=O) groups is 1. The number of fused-ring (bicyclic) bond motifs is 3. The van der Waals surface area contributed by atoms with E-state index in [0.717, 1.165) is 56.4 Å². The van der Waals surface area contributed by atoms with Crippen molar-refractivity contribution < 1.29 is 14.6 Å². The first kappa shape index (κ1) is 29.0. The number of carboxylic acids is 1. The van der Waals surface area contributed by atoms with Gasteiger partial charge in [0.05, 0.1) is 6.61 Å². The molecule has 5 nitrogen and oxygen atoms in total. The van der Waals surface area contributed by atoms with Crippen molar-refractivity contribution >= 4 is 23.3 Å². The Morgan fingerprint density at radius 1 is 1.10 bits per heavy atom. The lowest BCUT2D eigenvalue weighted by molar-refractivity contribution is -0.144. The fourth-order valence-electron chi connectivity index (χ4n) is 8.07. The molecule has 2 N–H and O–H groups in total. The van der Waals surface area contributed by atoms with Gasteiger partial charge in [0.25, 0.3) is 0 Å². The molecular formula is C36H43ClN2O3. The number of benzene rings is 2. The molecule has 0 amide bonds. The first-order valence-corrected chi connectivity index (χ1v) is 15.9. The van der Waals surface area contributed by atoms with Crippen LogP contribution in [0.5, 0.6) is 5.75 Å². The van der Waals surface area contributed by atoms with E-state index in [-0.39, 0.29) is 10.8 Å². The number of nitrogens with zero attached hydrogens (tertiary/aromatic N) is 1. The molecule has 1 spiro atoms. The average molecular weight is 587 g/mol. The van der Waals surface area contributed by atoms with Gasteiger partial charge >= 0.3 is 5.97 Å². The lowest BCUT2D eigenvalue weighted by Crippen LogP contribution is -2.53. The maximum absolute atomic E-state index is 12.7. The molecule has 2 aromatic carbocycles. The minimum atomic E-state index is -0.999. The minimum absolute atomic E-state index is 0.0142. The van der Waals surface area contributed by atoms with Crippen molar-refractivity contribution in [2.24, 2.45) is 17.3 Å². The Balaban J connectivity index is 1.18. The molecule has 0 aliphatic heterocycles. The number of pyridine rings is 1. The maximum Gasteiger partial charge on any atom is 0.329 e. The van der Waals surface area contributed by atoms with Crippen molar-refractivity contribution in [1.82, 2.24) is 4.98 Å². The standard InChI is InChI=1S/C36H43ClN2O3/c1-24(23-42-32-12-18-38-31-11-13-34(2,3)22-29(31)32)19-26-20-25-7-4-5-10-30(25)35(26)14-16-36(17-15-35,33(40)41)39-28-9-6-8-27(37)21-28/h4-10,12,18,21,24,26,39H,11,13-17,19-20,22-23H2,1-3H3,(H,40,41)/t24-,26+,35?,36?/m1/s1. The largest absolute Gasteiger partial charge is 0.493 e. The predicted molar refractivity (Wildman–Crippen MR) is 169 cm³/mol. The number of halogens is 1. The van der Waals surface area contributed by atoms with Gasteiger partial charge in [-0.25, -0.2) is 4.79 Å². The van der Waals surface area contributed by atoms with Gasteiger partial charge in [-0.1, -0.05) is 62.7 Å². The van der Waals surface area contributed by atoms with Gasteiger partial charge in [0, 0.05) is 28.2 Å². The Labute approximate surface area is 255 Å². The molecule has 6 heteroatoms. The topological polar surface area (TPSA) is 71.5 Å². The Bertz CT molecular complexity index is 1460. The molecule has 1 aromatic heterocycles. The van der Waals surface area contributed by atoms with Gasteiger partial charge in [-0.15, -0.1) is 0 Å². The SMILES string of the molecule is C[C@@H](COc1ccnc2c1CC(C)(C)CC2)C[C@H]1Cc2ccccc2C12CCC(Nc1cccc(Cl)c1)(C(=O)O)CC2. The molecule has 1 fully saturated rings. The third-order valence-corrected chi connectivity index (χ3v) is 10.7. The van der Waals surface area contributed by atoms with Gasteiger partial charge in [-0.05, 0) is 116 Å². The number of aryl methyl sites for hydroxylation is 1. The molecule has 3 aliphatic carbocycles. The van der Waals surface area contributed by atoms with Crippen LogP contribution in [-0.4, -0.2) is 28.2 Å². The van der Waals surface area contributed by atoms with Gasteiger partial charge in [0.15, 0.2) is 0 Å². The summed E-state index contributed by atoms with van der Waals surface area (Å²) in [5.41, 5.74) is 5.35. The van der Waals surface area contributed by atoms with Crippen molar-refractivity contribution in [3.63, 3.8) is 0 Å². The molecule has 0 saturated heterocycles. The normalized spacial score (nSPS) is 26.7. The summed E-state index contributed by atoms with van der Waals surface area (Å²) in [6.45, 7) is 7.65. The highest BCUT2D eigenvalue weighted by atomic mass is 35.5. The van der Waals surface area contributed by atoms with Gasteiger partial charge in [0.2, 0.25) is 0 Å². The van der Waals surface area contributed by atoms with Crippen LogP contribution < -0.4 is 10.1 Å². The van der Waals surface area contributed by atoms with Crippen molar-refractivity contribution in [1.29, 1.82) is 0 Å². The number of anilines is 1. The maximum atomic E-state index is 12.7. The molecule has 2 atom stereocenters. The molecule has 3 aromatic rings. The zero-order valence-corrected chi connectivity index (χ0v) is 25.8. The summed E-state index contributed by atoms with van der Waals surface area (Å²) in [4.78, 5) is 17.4. The Morgan fingerprint density at radius 3 is 2.64 bits per heavy atom. The number of hydrogen-bond acceptors (Lipinski definition) is 4. The van der Waals surface area contributed by atoms with Crippen LogP contribution in [0.25, 0.3) is 0 Å². The molecule has 1 heterocycles. The van der Waals surface area contributed by atoms with E-state index in [1.807, 2.05) is 36.5 Å². The van der Waals surface area contributed by atoms with Gasteiger partial charge in [0.1, 0.15) is 11.3 Å². The lowest BCUT2D eigenvalue weighted by atomic mass is 9.59. The highest BCUT2D eigenvalue weighted by Crippen LogP contribution is 2.56. The molecule has 1 saturated carbocycles. The van der Waals surface area contributed by atoms with Crippen LogP contribution in [-0.2, 0) is 29.5 Å². The molecule has 0 radical (unpaired) electrons. The third-order valence-electron chi connectivity index (χ3n) is 10.4. The Kier molecular flexibility index (Phi) is 7.76. The zero-order valence-electron chi connectivity index (χ0n) is 25.1. The minimum Gasteiger partial charge on any atom is -0.493 e. The van der Waals surface area contributed by atoms with Gasteiger partial charge in [-0.2, -0.15) is 0 Å². The Hall–Kier alpha value is -3.05. The van der Waals surface area contributed by atoms with Crippen molar-refractivity contribution in [3.8, 4) is 5.75 Å². The first-order valence-electron chi connectivity index (χ1n) is 15.5. The molecule has 0 unspecified atom stereocenters. The molecule has 3 aliphatic rings. The van der Waals surface area contributed by atoms with Crippen LogP contribution in [0.15, 0.2) is 60.8 Å². The van der Waals surface area contributed by atoms with Crippen LogP contribution in [0.1, 0.15) is 81.7 Å². The van der Waals surface area contributed by atoms with Crippen molar-refractivity contribution in [3.05, 3.63) is 88.2 Å². The third kappa shape index (κ3) is 5.53. The van der Waals surface area contributed by atoms with E-state index in [1.54, 1.807) is 0 Å². The molecule has 6 rings (SSSR count). The number of ether oxygens (including phenoxy) is 1. The van der Waals surface area contributed by atoms with E-state index >= 15 is 0 Å². The van der Waals surface area contributed by atoms with Crippen LogP contribution in [0.4, 0.5) is 5.69 Å². The fraction of sp³-hybridized carbons (Fsp3) is 0.500. The summed E-state index contributed by atoms with van der Waals surface area (Å²) in [5.74, 6) is 1.04. The van der Waals surface area contributed by atoms with Crippen LogP contribution in [0.3, 0.4) is 0 Å². The molecule has 0 bridgehead atoms. The first-order chi connectivity index (χ1) is 20.1. The Morgan fingerprint density at radius 2 is 1.88 bits per heavy atom. The van der Waals surface area contributed by atoms with Gasteiger partial charge < -0.3 is 15.2 Å². The highest BCUT2D eigenvalue weighted by Gasteiger charge is 2.54. The summed E-state index contributed by atoms with van der Waals surface area (Å²) in [7, 11) is 0.